The van der Waals surface area contributed by atoms with Crippen LogP contribution < -0.4 is 9.64 Å². The maximum atomic E-state index is 12.4. The van der Waals surface area contributed by atoms with E-state index in [4.69, 9.17) is 21.1 Å². The monoisotopic (exact) mass is 416 g/mol. The van der Waals surface area contributed by atoms with Gasteiger partial charge in [0, 0.05) is 38.4 Å². The molecule has 0 aromatic heterocycles. The minimum atomic E-state index is -0.447. The predicted octanol–water partition coefficient (Wildman–Crippen LogP) is 3.16. The van der Waals surface area contributed by atoms with Gasteiger partial charge in [0.05, 0.1) is 5.92 Å². The van der Waals surface area contributed by atoms with Crippen LogP contribution in [0.5, 0.6) is 5.75 Å². The number of ether oxygens (including phenoxy) is 2. The summed E-state index contributed by atoms with van der Waals surface area (Å²) in [7, 11) is 5.64. The number of benzene rings is 2. The van der Waals surface area contributed by atoms with E-state index in [1.807, 2.05) is 43.3 Å². The van der Waals surface area contributed by atoms with Crippen molar-refractivity contribution in [1.29, 1.82) is 0 Å². The SMILES string of the molecule is CN(Cc1ccc(N(C)C)cc1)C(=O)COC(=O)[C@H]1COc2ccc(Cl)cc2C1. The first-order valence-corrected chi connectivity index (χ1v) is 9.79. The van der Waals surface area contributed by atoms with E-state index < -0.39 is 11.9 Å². The van der Waals surface area contributed by atoms with Crippen molar-refractivity contribution in [2.75, 3.05) is 39.3 Å². The third kappa shape index (κ3) is 5.41. The molecule has 154 valence electrons. The summed E-state index contributed by atoms with van der Waals surface area (Å²) >= 11 is 6.01. The van der Waals surface area contributed by atoms with Gasteiger partial charge in [-0.15, -0.1) is 0 Å². The molecule has 0 radical (unpaired) electrons. The highest BCUT2D eigenvalue weighted by Gasteiger charge is 2.28. The molecule has 2 aromatic rings. The lowest BCUT2D eigenvalue weighted by Crippen LogP contribution is -2.34. The lowest BCUT2D eigenvalue weighted by Gasteiger charge is -2.24. The van der Waals surface area contributed by atoms with E-state index >= 15 is 0 Å². The van der Waals surface area contributed by atoms with Gasteiger partial charge in [0.1, 0.15) is 12.4 Å². The molecule has 1 atom stereocenters. The van der Waals surface area contributed by atoms with Crippen LogP contribution in [0.4, 0.5) is 5.69 Å². The van der Waals surface area contributed by atoms with Crippen LogP contribution in [0.1, 0.15) is 11.1 Å². The molecule has 1 amide bonds. The molecular formula is C22H25ClN2O4. The van der Waals surface area contributed by atoms with Crippen LogP contribution in [0.15, 0.2) is 42.5 Å². The third-order valence-corrected chi connectivity index (χ3v) is 5.13. The van der Waals surface area contributed by atoms with Crippen molar-refractivity contribution in [3.8, 4) is 5.75 Å². The second-order valence-electron chi connectivity index (χ2n) is 7.38. The van der Waals surface area contributed by atoms with Crippen molar-refractivity contribution in [1.82, 2.24) is 4.90 Å². The normalized spacial score (nSPS) is 15.1. The topological polar surface area (TPSA) is 59.1 Å². The van der Waals surface area contributed by atoms with Crippen LogP contribution in [0.2, 0.25) is 5.02 Å². The zero-order valence-electron chi connectivity index (χ0n) is 16.9. The summed E-state index contributed by atoms with van der Waals surface area (Å²) in [5.41, 5.74) is 2.97. The van der Waals surface area contributed by atoms with Gasteiger partial charge in [-0.05, 0) is 47.9 Å². The van der Waals surface area contributed by atoms with Crippen molar-refractivity contribution < 1.29 is 19.1 Å². The van der Waals surface area contributed by atoms with E-state index in [1.165, 1.54) is 0 Å². The third-order valence-electron chi connectivity index (χ3n) is 4.90. The zero-order valence-corrected chi connectivity index (χ0v) is 17.6. The second-order valence-corrected chi connectivity index (χ2v) is 7.82. The molecule has 0 N–H and O–H groups in total. The number of likely N-dealkylation sites (N-methyl/N-ethyl adjacent to an activating group) is 1. The molecule has 0 saturated heterocycles. The van der Waals surface area contributed by atoms with Crippen molar-refractivity contribution in [2.45, 2.75) is 13.0 Å². The van der Waals surface area contributed by atoms with E-state index in [-0.39, 0.29) is 19.1 Å². The molecular weight excluding hydrogens is 392 g/mol. The lowest BCUT2D eigenvalue weighted by molar-refractivity contribution is -0.156. The van der Waals surface area contributed by atoms with Crippen LogP contribution in [0.3, 0.4) is 0 Å². The number of halogens is 1. The van der Waals surface area contributed by atoms with E-state index in [0.717, 1.165) is 22.6 Å². The number of anilines is 1. The Kier molecular flexibility index (Phi) is 6.64. The number of carbonyl (C=O) groups is 2. The van der Waals surface area contributed by atoms with Crippen LogP contribution in [-0.4, -0.2) is 51.1 Å². The fraction of sp³-hybridized carbons (Fsp3) is 0.364. The highest BCUT2D eigenvalue weighted by molar-refractivity contribution is 6.30. The van der Waals surface area contributed by atoms with Gasteiger partial charge in [0.25, 0.3) is 5.91 Å². The molecule has 0 saturated carbocycles. The number of esters is 1. The Morgan fingerprint density at radius 2 is 1.86 bits per heavy atom. The largest absolute Gasteiger partial charge is 0.492 e. The number of nitrogens with zero attached hydrogens (tertiary/aromatic N) is 2. The highest BCUT2D eigenvalue weighted by atomic mass is 35.5. The van der Waals surface area contributed by atoms with Gasteiger partial charge in [-0.3, -0.25) is 9.59 Å². The molecule has 7 heteroatoms. The Bertz CT molecular complexity index is 883. The quantitative estimate of drug-likeness (QED) is 0.677. The summed E-state index contributed by atoms with van der Waals surface area (Å²) in [5, 5.41) is 0.594. The molecule has 29 heavy (non-hydrogen) atoms. The number of hydrogen-bond donors (Lipinski definition) is 0. The molecule has 1 aliphatic rings. The van der Waals surface area contributed by atoms with Crippen molar-refractivity contribution in [2.24, 2.45) is 5.92 Å². The highest BCUT2D eigenvalue weighted by Crippen LogP contribution is 2.30. The Morgan fingerprint density at radius 1 is 1.14 bits per heavy atom. The summed E-state index contributed by atoms with van der Waals surface area (Å²) < 4.78 is 10.9. The van der Waals surface area contributed by atoms with Crippen molar-refractivity contribution in [3.05, 3.63) is 58.6 Å². The van der Waals surface area contributed by atoms with Gasteiger partial charge in [0.15, 0.2) is 6.61 Å². The lowest BCUT2D eigenvalue weighted by atomic mass is 9.97. The zero-order chi connectivity index (χ0) is 21.0. The Hall–Kier alpha value is -2.73. The van der Waals surface area contributed by atoms with Crippen LogP contribution >= 0.6 is 11.6 Å². The summed E-state index contributed by atoms with van der Waals surface area (Å²) in [4.78, 5) is 28.3. The summed E-state index contributed by atoms with van der Waals surface area (Å²) in [6.45, 7) is 0.391. The Labute approximate surface area is 176 Å². The predicted molar refractivity (Wildman–Crippen MR) is 112 cm³/mol. The fourth-order valence-electron chi connectivity index (χ4n) is 3.14. The van der Waals surface area contributed by atoms with E-state index in [9.17, 15) is 9.59 Å². The number of rotatable bonds is 6. The molecule has 0 aliphatic carbocycles. The minimum Gasteiger partial charge on any atom is -0.492 e. The molecule has 3 rings (SSSR count). The first-order valence-electron chi connectivity index (χ1n) is 9.41. The first-order chi connectivity index (χ1) is 13.8. The van der Waals surface area contributed by atoms with Gasteiger partial charge in [-0.25, -0.2) is 0 Å². The molecule has 1 aliphatic heterocycles. The van der Waals surface area contributed by atoms with Crippen LogP contribution in [0, 0.1) is 5.92 Å². The fourth-order valence-corrected chi connectivity index (χ4v) is 3.33. The first kappa shape index (κ1) is 21.0. The number of fused-ring (bicyclic) bond motifs is 1. The van der Waals surface area contributed by atoms with E-state index in [1.54, 1.807) is 30.1 Å². The van der Waals surface area contributed by atoms with Gasteiger partial charge < -0.3 is 19.3 Å². The average molecular weight is 417 g/mol. The molecule has 0 unspecified atom stereocenters. The minimum absolute atomic E-state index is 0.232. The molecule has 2 aromatic carbocycles. The van der Waals surface area contributed by atoms with E-state index in [2.05, 4.69) is 0 Å². The molecule has 0 spiro atoms. The molecule has 0 bridgehead atoms. The van der Waals surface area contributed by atoms with Gasteiger partial charge in [-0.1, -0.05) is 23.7 Å². The number of amides is 1. The average Bonchev–Trinajstić information content (AvgIpc) is 2.71. The standard InChI is InChI=1S/C22H25ClN2O4/c1-24(2)19-7-4-15(5-8-19)12-25(3)21(26)14-29-22(27)17-10-16-11-18(23)6-9-20(16)28-13-17/h4-9,11,17H,10,12-14H2,1-3H3/t17-/m1/s1. The number of carbonyl (C=O) groups excluding carboxylic acids is 2. The van der Waals surface area contributed by atoms with Crippen molar-refractivity contribution in [3.63, 3.8) is 0 Å². The maximum absolute atomic E-state index is 12.4. The summed E-state index contributed by atoms with van der Waals surface area (Å²) in [6, 6.07) is 13.3. The number of hydrogen-bond acceptors (Lipinski definition) is 5. The summed E-state index contributed by atoms with van der Waals surface area (Å²) in [5.74, 6) is -0.407. The molecule has 6 nitrogen and oxygen atoms in total. The van der Waals surface area contributed by atoms with Crippen LogP contribution in [0.25, 0.3) is 0 Å². The van der Waals surface area contributed by atoms with Gasteiger partial charge >= 0.3 is 5.97 Å². The van der Waals surface area contributed by atoms with Crippen molar-refractivity contribution >= 4 is 29.2 Å². The molecule has 1 heterocycles. The smallest absolute Gasteiger partial charge is 0.313 e. The summed E-state index contributed by atoms with van der Waals surface area (Å²) in [6.07, 6.45) is 0.483. The molecule has 0 fully saturated rings. The second kappa shape index (κ2) is 9.18. The maximum Gasteiger partial charge on any atom is 0.313 e. The Balaban J connectivity index is 1.49. The Morgan fingerprint density at radius 3 is 2.55 bits per heavy atom. The van der Waals surface area contributed by atoms with Crippen LogP contribution in [-0.2, 0) is 27.3 Å². The van der Waals surface area contributed by atoms with Gasteiger partial charge in [0.2, 0.25) is 0 Å². The van der Waals surface area contributed by atoms with E-state index in [0.29, 0.717) is 18.0 Å². The van der Waals surface area contributed by atoms with Gasteiger partial charge in [-0.2, -0.15) is 0 Å².